The van der Waals surface area contributed by atoms with Gasteiger partial charge in [0.25, 0.3) is 0 Å². The lowest BCUT2D eigenvalue weighted by atomic mass is 9.94. The van der Waals surface area contributed by atoms with Crippen molar-refractivity contribution in [2.45, 2.75) is 0 Å². The molecule has 0 N–H and O–H groups in total. The first kappa shape index (κ1) is 28.4. The van der Waals surface area contributed by atoms with Crippen molar-refractivity contribution in [2.75, 3.05) is 0 Å². The van der Waals surface area contributed by atoms with E-state index in [0.717, 1.165) is 5.69 Å². The van der Waals surface area contributed by atoms with E-state index in [1.165, 1.54) is 82.7 Å². The average Bonchev–Trinajstić information content (AvgIpc) is 3.71. The van der Waals surface area contributed by atoms with Gasteiger partial charge in [0, 0.05) is 38.5 Å². The lowest BCUT2D eigenvalue weighted by Crippen LogP contribution is -1.96. The van der Waals surface area contributed by atoms with Crippen molar-refractivity contribution < 1.29 is 0 Å². The molecule has 0 radical (unpaired) electrons. The van der Waals surface area contributed by atoms with Crippen LogP contribution >= 0.6 is 0 Å². The molecule has 0 aliphatic heterocycles. The maximum atomic E-state index is 2.46. The van der Waals surface area contributed by atoms with Crippen LogP contribution in [-0.2, 0) is 0 Å². The van der Waals surface area contributed by atoms with Crippen LogP contribution in [0, 0.1) is 0 Å². The van der Waals surface area contributed by atoms with Gasteiger partial charge >= 0.3 is 0 Å². The van der Waals surface area contributed by atoms with Crippen molar-refractivity contribution in [1.29, 1.82) is 0 Å². The van der Waals surface area contributed by atoms with E-state index in [4.69, 9.17) is 0 Å². The van der Waals surface area contributed by atoms with Gasteiger partial charge in [0.1, 0.15) is 0 Å². The fraction of sp³-hybridized carbons (Fsp3) is 0. The molecule has 234 valence electrons. The van der Waals surface area contributed by atoms with Gasteiger partial charge in [-0.05, 0) is 76.3 Å². The molecule has 0 unspecified atom stereocenters. The summed E-state index contributed by atoms with van der Waals surface area (Å²) in [6.45, 7) is 0. The van der Waals surface area contributed by atoms with Crippen LogP contribution in [0.3, 0.4) is 0 Å². The maximum Gasteiger partial charge on any atom is 0.0619 e. The molecule has 10 aromatic rings. The predicted octanol–water partition coefficient (Wildman–Crippen LogP) is 12.9. The molecule has 0 amide bonds. The molecule has 10 rings (SSSR count). The Morgan fingerprint density at radius 3 is 1.54 bits per heavy atom. The van der Waals surface area contributed by atoms with Gasteiger partial charge in [0.15, 0.2) is 0 Å². The number of rotatable bonds is 5. The summed E-state index contributed by atoms with van der Waals surface area (Å²) in [5.41, 5.74) is 14.4. The quantitative estimate of drug-likeness (QED) is 0.178. The highest BCUT2D eigenvalue weighted by molar-refractivity contribution is 6.15. The molecular formula is C48H32N2. The van der Waals surface area contributed by atoms with Gasteiger partial charge in [-0.2, -0.15) is 0 Å². The average molecular weight is 637 g/mol. The second-order valence-electron chi connectivity index (χ2n) is 12.9. The van der Waals surface area contributed by atoms with E-state index in [1.54, 1.807) is 0 Å². The Hall–Kier alpha value is -6.64. The minimum absolute atomic E-state index is 1.14. The molecule has 2 heterocycles. The van der Waals surface area contributed by atoms with E-state index >= 15 is 0 Å². The Morgan fingerprint density at radius 1 is 0.260 bits per heavy atom. The zero-order chi connectivity index (χ0) is 33.0. The van der Waals surface area contributed by atoms with Crippen molar-refractivity contribution in [3.8, 4) is 44.8 Å². The van der Waals surface area contributed by atoms with Crippen LogP contribution in [0.1, 0.15) is 0 Å². The number of nitrogens with zero attached hydrogens (tertiary/aromatic N) is 2. The minimum atomic E-state index is 1.14. The molecule has 0 fully saturated rings. The van der Waals surface area contributed by atoms with Gasteiger partial charge in [0.2, 0.25) is 0 Å². The predicted molar refractivity (Wildman–Crippen MR) is 211 cm³/mol. The third-order valence-electron chi connectivity index (χ3n) is 10.1. The van der Waals surface area contributed by atoms with Crippen molar-refractivity contribution in [3.63, 3.8) is 0 Å². The number of hydrogen-bond donors (Lipinski definition) is 0. The highest BCUT2D eigenvalue weighted by atomic mass is 15.0. The number of para-hydroxylation sites is 4. The van der Waals surface area contributed by atoms with Gasteiger partial charge in [-0.3, -0.25) is 0 Å². The standard InChI is InChI=1S/C48H32N2/c1-3-15-33(16-4-1)38-21-7-8-22-39(38)34-17-13-20-37(31-34)50-46-28-12-9-23-41(46)43-26-14-25-40(48(43)50)35-29-30-47-44(32-35)42-24-10-11-27-45(42)49(47)36-18-5-2-6-19-36/h1-32H. The van der Waals surface area contributed by atoms with Crippen LogP contribution in [0.5, 0.6) is 0 Å². The van der Waals surface area contributed by atoms with Gasteiger partial charge in [-0.25, -0.2) is 0 Å². The minimum Gasteiger partial charge on any atom is -0.309 e. The Kier molecular flexibility index (Phi) is 6.53. The van der Waals surface area contributed by atoms with Gasteiger partial charge < -0.3 is 9.13 Å². The lowest BCUT2D eigenvalue weighted by molar-refractivity contribution is 1.18. The molecule has 2 nitrogen and oxygen atoms in total. The topological polar surface area (TPSA) is 9.86 Å². The summed E-state index contributed by atoms with van der Waals surface area (Å²) in [6, 6.07) is 70.4. The van der Waals surface area contributed by atoms with E-state index in [1.807, 2.05) is 0 Å². The Balaban J connectivity index is 1.21. The third-order valence-corrected chi connectivity index (χ3v) is 10.1. The number of hydrogen-bond acceptors (Lipinski definition) is 0. The van der Waals surface area contributed by atoms with Crippen LogP contribution < -0.4 is 0 Å². The smallest absolute Gasteiger partial charge is 0.0619 e. The van der Waals surface area contributed by atoms with Gasteiger partial charge in [-0.1, -0.05) is 146 Å². The zero-order valence-corrected chi connectivity index (χ0v) is 27.4. The molecule has 0 saturated heterocycles. The molecule has 8 aromatic carbocycles. The Labute approximate surface area is 290 Å². The SMILES string of the molecule is c1ccc(-c2ccccc2-c2cccc(-n3c4ccccc4c4cccc(-c5ccc6c(c5)c5ccccc5n6-c5ccccc5)c43)c2)cc1. The van der Waals surface area contributed by atoms with Gasteiger partial charge in [0.05, 0.1) is 22.1 Å². The third kappa shape index (κ3) is 4.43. The number of fused-ring (bicyclic) bond motifs is 6. The summed E-state index contributed by atoms with van der Waals surface area (Å²) in [5.74, 6) is 0. The summed E-state index contributed by atoms with van der Waals surface area (Å²) in [5, 5.41) is 5.01. The van der Waals surface area contributed by atoms with E-state index in [-0.39, 0.29) is 0 Å². The van der Waals surface area contributed by atoms with Crippen LogP contribution in [0.25, 0.3) is 88.4 Å². The van der Waals surface area contributed by atoms with Gasteiger partial charge in [-0.15, -0.1) is 0 Å². The van der Waals surface area contributed by atoms with Crippen molar-refractivity contribution >= 4 is 43.6 Å². The molecule has 0 aliphatic rings. The maximum absolute atomic E-state index is 2.46. The lowest BCUT2D eigenvalue weighted by Gasteiger charge is -2.15. The molecule has 0 saturated carbocycles. The molecular weight excluding hydrogens is 605 g/mol. The summed E-state index contributed by atoms with van der Waals surface area (Å²) in [6.07, 6.45) is 0. The number of benzene rings is 8. The Morgan fingerprint density at radius 2 is 0.760 bits per heavy atom. The van der Waals surface area contributed by atoms with Crippen LogP contribution in [0.15, 0.2) is 194 Å². The zero-order valence-electron chi connectivity index (χ0n) is 27.4. The summed E-state index contributed by atoms with van der Waals surface area (Å²) >= 11 is 0. The first-order valence-corrected chi connectivity index (χ1v) is 17.2. The highest BCUT2D eigenvalue weighted by Crippen LogP contribution is 2.41. The molecule has 0 spiro atoms. The van der Waals surface area contributed by atoms with Crippen molar-refractivity contribution in [3.05, 3.63) is 194 Å². The second kappa shape index (κ2) is 11.5. The van der Waals surface area contributed by atoms with E-state index in [9.17, 15) is 0 Å². The van der Waals surface area contributed by atoms with Crippen molar-refractivity contribution in [2.24, 2.45) is 0 Å². The van der Waals surface area contributed by atoms with Crippen molar-refractivity contribution in [1.82, 2.24) is 9.13 Å². The number of aromatic nitrogens is 2. The second-order valence-corrected chi connectivity index (χ2v) is 12.9. The fourth-order valence-electron chi connectivity index (χ4n) is 7.93. The normalized spacial score (nSPS) is 11.6. The Bertz CT molecular complexity index is 2860. The van der Waals surface area contributed by atoms with Crippen LogP contribution in [0.4, 0.5) is 0 Å². The molecule has 0 atom stereocenters. The van der Waals surface area contributed by atoms with E-state index < -0.39 is 0 Å². The molecule has 50 heavy (non-hydrogen) atoms. The molecule has 0 bridgehead atoms. The van der Waals surface area contributed by atoms with E-state index in [2.05, 4.69) is 203 Å². The monoisotopic (exact) mass is 636 g/mol. The highest BCUT2D eigenvalue weighted by Gasteiger charge is 2.19. The molecule has 2 heteroatoms. The van der Waals surface area contributed by atoms with Crippen LogP contribution in [-0.4, -0.2) is 9.13 Å². The van der Waals surface area contributed by atoms with Crippen LogP contribution in [0.2, 0.25) is 0 Å². The molecule has 2 aromatic heterocycles. The summed E-state index contributed by atoms with van der Waals surface area (Å²) in [4.78, 5) is 0. The summed E-state index contributed by atoms with van der Waals surface area (Å²) in [7, 11) is 0. The van der Waals surface area contributed by atoms with E-state index in [0.29, 0.717) is 0 Å². The summed E-state index contributed by atoms with van der Waals surface area (Å²) < 4.78 is 4.84. The first-order chi connectivity index (χ1) is 24.8. The molecule has 0 aliphatic carbocycles. The first-order valence-electron chi connectivity index (χ1n) is 17.2. The largest absolute Gasteiger partial charge is 0.309 e. The fourth-order valence-corrected chi connectivity index (χ4v) is 7.93.